The van der Waals surface area contributed by atoms with Crippen molar-refractivity contribution in [3.8, 4) is 5.88 Å². The van der Waals surface area contributed by atoms with Gasteiger partial charge in [-0.25, -0.2) is 9.59 Å². The second-order valence-electron chi connectivity index (χ2n) is 6.13. The first-order valence-electron chi connectivity index (χ1n) is 9.37. The van der Waals surface area contributed by atoms with Crippen LogP contribution in [0.4, 0.5) is 4.79 Å². The molecule has 1 saturated heterocycles. The molecule has 0 saturated carbocycles. The van der Waals surface area contributed by atoms with Gasteiger partial charge in [0.2, 0.25) is 5.88 Å². The van der Waals surface area contributed by atoms with Gasteiger partial charge >= 0.3 is 11.7 Å². The zero-order valence-electron chi connectivity index (χ0n) is 16.8. The van der Waals surface area contributed by atoms with Crippen molar-refractivity contribution in [2.75, 3.05) is 13.1 Å². The Labute approximate surface area is 167 Å². The van der Waals surface area contributed by atoms with Crippen LogP contribution < -0.4 is 11.2 Å². The van der Waals surface area contributed by atoms with Gasteiger partial charge < -0.3 is 5.11 Å². The maximum atomic E-state index is 12.5. The van der Waals surface area contributed by atoms with E-state index in [9.17, 15) is 29.1 Å². The third kappa shape index (κ3) is 3.65. The van der Waals surface area contributed by atoms with Crippen molar-refractivity contribution < 1.29 is 19.5 Å². The van der Waals surface area contributed by atoms with Crippen LogP contribution in [0.5, 0.6) is 5.88 Å². The first-order valence-corrected chi connectivity index (χ1v) is 9.37. The molecule has 1 aromatic rings. The second kappa shape index (κ2) is 8.72. The van der Waals surface area contributed by atoms with Crippen LogP contribution in [0.15, 0.2) is 27.3 Å². The summed E-state index contributed by atoms with van der Waals surface area (Å²) in [6, 6.07) is -0.676. The molecule has 29 heavy (non-hydrogen) atoms. The van der Waals surface area contributed by atoms with Crippen molar-refractivity contribution in [2.24, 2.45) is 0 Å². The Morgan fingerprint density at radius 1 is 0.793 bits per heavy atom. The van der Waals surface area contributed by atoms with E-state index in [1.165, 1.54) is 18.2 Å². The summed E-state index contributed by atoms with van der Waals surface area (Å²) in [4.78, 5) is 63.7. The fourth-order valence-electron chi connectivity index (χ4n) is 3.06. The van der Waals surface area contributed by atoms with Crippen LogP contribution in [0.25, 0.3) is 6.08 Å². The zero-order chi connectivity index (χ0) is 21.9. The molecule has 1 fully saturated rings. The average molecular weight is 404 g/mol. The molecule has 0 radical (unpaired) electrons. The number of likely N-dealkylation sites (N-methyl/N-ethyl adjacent to an activating group) is 2. The van der Waals surface area contributed by atoms with E-state index < -0.39 is 35.0 Å². The molecule has 0 unspecified atom stereocenters. The molecule has 0 aliphatic carbocycles. The number of carbonyl (C=O) groups is 3. The van der Waals surface area contributed by atoms with E-state index in [0.717, 1.165) is 18.9 Å². The smallest absolute Gasteiger partial charge is 0.333 e. The largest absolute Gasteiger partial charge is 0.494 e. The Hall–Kier alpha value is -3.43. The standard InChI is InChI=1S/C19H24N4O6/c1-5-20-14(24)12(15(25)21(6-2)18(20)28)10-9-11-13-16(26)22(7-3)19(29)23(8-4)17(13)27/h9-11,24H,5-8H2,1-4H3/b10-9+. The molecule has 0 aromatic carbocycles. The van der Waals surface area contributed by atoms with Crippen LogP contribution in [-0.2, 0) is 22.7 Å². The van der Waals surface area contributed by atoms with Crippen LogP contribution in [0.3, 0.4) is 0 Å². The highest BCUT2D eigenvalue weighted by Crippen LogP contribution is 2.18. The van der Waals surface area contributed by atoms with E-state index in [1.54, 1.807) is 27.7 Å². The van der Waals surface area contributed by atoms with Gasteiger partial charge in [0.1, 0.15) is 11.1 Å². The van der Waals surface area contributed by atoms with Crippen molar-refractivity contribution in [2.45, 2.75) is 40.8 Å². The number of allylic oxidation sites excluding steroid dienone is 2. The van der Waals surface area contributed by atoms with Crippen LogP contribution in [-0.4, -0.2) is 55.0 Å². The summed E-state index contributed by atoms with van der Waals surface area (Å²) < 4.78 is 2.02. The predicted octanol–water partition coefficient (Wildman–Crippen LogP) is 0.526. The number of amides is 4. The fraction of sp³-hybridized carbons (Fsp3) is 0.421. The van der Waals surface area contributed by atoms with Gasteiger partial charge in [0.05, 0.1) is 0 Å². The summed E-state index contributed by atoms with van der Waals surface area (Å²) in [5.74, 6) is -1.96. The van der Waals surface area contributed by atoms with Gasteiger partial charge in [0, 0.05) is 26.2 Å². The molecule has 10 heteroatoms. The SMILES string of the molecule is CCN1C(=O)C(=C/C=C/c2c(O)n(CC)c(=O)n(CC)c2=O)C(=O)N(CC)C1=O. The lowest BCUT2D eigenvalue weighted by Gasteiger charge is -2.32. The van der Waals surface area contributed by atoms with E-state index >= 15 is 0 Å². The number of urea groups is 1. The Bertz CT molecular complexity index is 1000. The number of hydrogen-bond donors (Lipinski definition) is 1. The highest BCUT2D eigenvalue weighted by molar-refractivity contribution is 6.28. The first-order chi connectivity index (χ1) is 13.7. The molecule has 0 bridgehead atoms. The second-order valence-corrected chi connectivity index (χ2v) is 6.13. The molecule has 4 amide bonds. The van der Waals surface area contributed by atoms with E-state index in [2.05, 4.69) is 0 Å². The molecule has 0 atom stereocenters. The maximum absolute atomic E-state index is 12.5. The topological polar surface area (TPSA) is 122 Å². The lowest BCUT2D eigenvalue weighted by molar-refractivity contribution is -0.135. The number of carbonyl (C=O) groups excluding carboxylic acids is 3. The monoisotopic (exact) mass is 404 g/mol. The molecule has 1 aliphatic rings. The molecule has 1 aliphatic heterocycles. The number of aromatic nitrogens is 2. The van der Waals surface area contributed by atoms with Gasteiger partial charge in [-0.1, -0.05) is 6.08 Å². The van der Waals surface area contributed by atoms with Crippen LogP contribution in [0, 0.1) is 0 Å². The van der Waals surface area contributed by atoms with E-state index in [4.69, 9.17) is 0 Å². The normalized spacial score (nSPS) is 15.0. The molecule has 2 rings (SSSR count). The summed E-state index contributed by atoms with van der Waals surface area (Å²) in [6.07, 6.45) is 3.69. The van der Waals surface area contributed by atoms with Crippen LogP contribution in [0.1, 0.15) is 33.3 Å². The number of aromatic hydroxyl groups is 1. The van der Waals surface area contributed by atoms with Crippen molar-refractivity contribution in [1.82, 2.24) is 18.9 Å². The van der Waals surface area contributed by atoms with Crippen molar-refractivity contribution in [1.29, 1.82) is 0 Å². The van der Waals surface area contributed by atoms with Crippen molar-refractivity contribution in [3.63, 3.8) is 0 Å². The molecular weight excluding hydrogens is 380 g/mol. The number of imide groups is 2. The summed E-state index contributed by atoms with van der Waals surface area (Å²) in [6.45, 7) is 7.00. The molecule has 10 nitrogen and oxygen atoms in total. The highest BCUT2D eigenvalue weighted by atomic mass is 16.3. The van der Waals surface area contributed by atoms with Gasteiger partial charge in [-0.15, -0.1) is 0 Å². The molecular formula is C19H24N4O6. The minimum absolute atomic E-state index is 0.103. The third-order valence-corrected chi connectivity index (χ3v) is 4.64. The Balaban J connectivity index is 2.54. The number of barbiturate groups is 1. The van der Waals surface area contributed by atoms with Gasteiger partial charge in [-0.2, -0.15) is 0 Å². The molecule has 1 aromatic heterocycles. The molecule has 1 N–H and O–H groups in total. The number of hydrogen-bond acceptors (Lipinski definition) is 6. The van der Waals surface area contributed by atoms with Crippen molar-refractivity contribution >= 4 is 23.9 Å². The number of rotatable bonds is 6. The minimum Gasteiger partial charge on any atom is -0.494 e. The Morgan fingerprint density at radius 3 is 1.76 bits per heavy atom. The third-order valence-electron chi connectivity index (χ3n) is 4.64. The summed E-state index contributed by atoms with van der Waals surface area (Å²) in [5.41, 5.74) is -1.68. The molecule has 2 heterocycles. The fourth-order valence-corrected chi connectivity index (χ4v) is 3.06. The summed E-state index contributed by atoms with van der Waals surface area (Å²) in [5, 5.41) is 10.3. The first kappa shape index (κ1) is 21.9. The zero-order valence-corrected chi connectivity index (χ0v) is 16.8. The van der Waals surface area contributed by atoms with Gasteiger partial charge in [-0.05, 0) is 39.8 Å². The van der Waals surface area contributed by atoms with E-state index in [-0.39, 0.29) is 37.3 Å². The van der Waals surface area contributed by atoms with E-state index in [1.807, 2.05) is 0 Å². The van der Waals surface area contributed by atoms with E-state index in [0.29, 0.717) is 0 Å². The summed E-state index contributed by atoms with van der Waals surface area (Å²) >= 11 is 0. The highest BCUT2D eigenvalue weighted by Gasteiger charge is 2.40. The summed E-state index contributed by atoms with van der Waals surface area (Å²) in [7, 11) is 0. The Morgan fingerprint density at radius 2 is 1.31 bits per heavy atom. The Kier molecular flexibility index (Phi) is 6.57. The van der Waals surface area contributed by atoms with Crippen LogP contribution in [0.2, 0.25) is 0 Å². The van der Waals surface area contributed by atoms with Gasteiger partial charge in [0.15, 0.2) is 0 Å². The number of nitrogens with zero attached hydrogens (tertiary/aromatic N) is 4. The molecule has 156 valence electrons. The average Bonchev–Trinajstić information content (AvgIpc) is 2.68. The lowest BCUT2D eigenvalue weighted by atomic mass is 10.1. The van der Waals surface area contributed by atoms with Crippen molar-refractivity contribution in [3.05, 3.63) is 44.1 Å². The lowest BCUT2D eigenvalue weighted by Crippen LogP contribution is -2.56. The van der Waals surface area contributed by atoms with Crippen LogP contribution >= 0.6 is 0 Å². The molecule has 0 spiro atoms. The predicted molar refractivity (Wildman–Crippen MR) is 105 cm³/mol. The van der Waals surface area contributed by atoms with Gasteiger partial charge in [-0.3, -0.25) is 33.3 Å². The maximum Gasteiger partial charge on any atom is 0.333 e. The van der Waals surface area contributed by atoms with Gasteiger partial charge in [0.25, 0.3) is 17.4 Å². The minimum atomic E-state index is -0.731. The quantitative estimate of drug-likeness (QED) is 0.545.